The Bertz CT molecular complexity index is 156. The number of nitrogens with one attached hydrogen (secondary N) is 1. The Morgan fingerprint density at radius 1 is 1.33 bits per heavy atom. The van der Waals surface area contributed by atoms with Crippen LogP contribution in [0.15, 0.2) is 0 Å². The number of hydrogen-bond acceptors (Lipinski definition) is 3. The molecule has 0 radical (unpaired) electrons. The quantitative estimate of drug-likeness (QED) is 0.694. The van der Waals surface area contributed by atoms with Crippen LogP contribution in [0.4, 0.5) is 0 Å². The van der Waals surface area contributed by atoms with E-state index in [2.05, 4.69) is 17.3 Å². The van der Waals surface area contributed by atoms with Crippen LogP contribution in [0, 0.1) is 5.92 Å². The zero-order chi connectivity index (χ0) is 11.1. The molecule has 0 bridgehead atoms. The third-order valence-corrected chi connectivity index (χ3v) is 3.31. The molecule has 3 nitrogen and oxygen atoms in total. The van der Waals surface area contributed by atoms with E-state index >= 15 is 0 Å². The van der Waals surface area contributed by atoms with Crippen LogP contribution in [0.25, 0.3) is 0 Å². The first-order valence-electron chi connectivity index (χ1n) is 6.26. The average molecular weight is 214 g/mol. The van der Waals surface area contributed by atoms with E-state index in [1.54, 1.807) is 0 Å². The second-order valence-electron chi connectivity index (χ2n) is 4.92. The molecule has 1 saturated heterocycles. The molecule has 0 spiro atoms. The highest BCUT2D eigenvalue weighted by Crippen LogP contribution is 2.15. The van der Waals surface area contributed by atoms with Crippen LogP contribution in [0.1, 0.15) is 32.6 Å². The Labute approximate surface area is 93.9 Å². The molecule has 1 fully saturated rings. The predicted octanol–water partition coefficient (Wildman–Crippen LogP) is 1.08. The van der Waals surface area contributed by atoms with Crippen molar-refractivity contribution in [1.29, 1.82) is 0 Å². The van der Waals surface area contributed by atoms with Gasteiger partial charge in [-0.3, -0.25) is 0 Å². The van der Waals surface area contributed by atoms with Gasteiger partial charge in [-0.15, -0.1) is 0 Å². The summed E-state index contributed by atoms with van der Waals surface area (Å²) < 4.78 is 0. The number of aliphatic hydroxyl groups is 1. The Morgan fingerprint density at radius 3 is 2.60 bits per heavy atom. The van der Waals surface area contributed by atoms with Crippen molar-refractivity contribution in [2.45, 2.75) is 38.7 Å². The molecule has 0 aliphatic carbocycles. The van der Waals surface area contributed by atoms with Crippen LogP contribution in [0.2, 0.25) is 0 Å². The van der Waals surface area contributed by atoms with Crippen molar-refractivity contribution in [3.05, 3.63) is 0 Å². The summed E-state index contributed by atoms with van der Waals surface area (Å²) in [4.78, 5) is 2.34. The summed E-state index contributed by atoms with van der Waals surface area (Å²) >= 11 is 0. The standard InChI is InChI=1S/C12H26N2O/c1-11(15)5-9-14(2)10-6-12-3-7-13-8-4-12/h11-13,15H,3-10H2,1-2H3. The summed E-state index contributed by atoms with van der Waals surface area (Å²) in [6.45, 7) is 6.45. The van der Waals surface area contributed by atoms with Gasteiger partial charge in [0.05, 0.1) is 6.10 Å². The maximum Gasteiger partial charge on any atom is 0.0524 e. The first-order valence-corrected chi connectivity index (χ1v) is 6.26. The van der Waals surface area contributed by atoms with Crippen molar-refractivity contribution >= 4 is 0 Å². The fourth-order valence-electron chi connectivity index (χ4n) is 2.09. The lowest BCUT2D eigenvalue weighted by Crippen LogP contribution is -2.31. The summed E-state index contributed by atoms with van der Waals surface area (Å²) in [6, 6.07) is 0. The van der Waals surface area contributed by atoms with Gasteiger partial charge < -0.3 is 15.3 Å². The molecule has 3 heteroatoms. The van der Waals surface area contributed by atoms with Crippen molar-refractivity contribution in [2.75, 3.05) is 33.2 Å². The lowest BCUT2D eigenvalue weighted by atomic mass is 9.94. The van der Waals surface area contributed by atoms with Gasteiger partial charge in [-0.2, -0.15) is 0 Å². The molecule has 1 aliphatic heterocycles. The molecule has 1 aliphatic rings. The van der Waals surface area contributed by atoms with E-state index in [1.807, 2.05) is 6.92 Å². The molecule has 0 saturated carbocycles. The smallest absolute Gasteiger partial charge is 0.0524 e. The highest BCUT2D eigenvalue weighted by Gasteiger charge is 2.13. The SMILES string of the molecule is CC(O)CCN(C)CCC1CCNCC1. The maximum absolute atomic E-state index is 9.18. The van der Waals surface area contributed by atoms with Gasteiger partial charge in [-0.25, -0.2) is 0 Å². The number of hydrogen-bond donors (Lipinski definition) is 2. The first kappa shape index (κ1) is 12.9. The van der Waals surface area contributed by atoms with Crippen molar-refractivity contribution in [3.8, 4) is 0 Å². The minimum absolute atomic E-state index is 0.161. The third-order valence-electron chi connectivity index (χ3n) is 3.31. The highest BCUT2D eigenvalue weighted by atomic mass is 16.3. The van der Waals surface area contributed by atoms with Gasteiger partial charge in [0.2, 0.25) is 0 Å². The Hall–Kier alpha value is -0.120. The van der Waals surface area contributed by atoms with Gasteiger partial charge in [-0.1, -0.05) is 0 Å². The molecule has 2 N–H and O–H groups in total. The predicted molar refractivity (Wildman–Crippen MR) is 64.0 cm³/mol. The summed E-state index contributed by atoms with van der Waals surface area (Å²) in [5.74, 6) is 0.917. The second kappa shape index (κ2) is 7.20. The van der Waals surface area contributed by atoms with Gasteiger partial charge in [0, 0.05) is 6.54 Å². The molecule has 90 valence electrons. The summed E-state index contributed by atoms with van der Waals surface area (Å²) in [6.07, 6.45) is 4.72. The molecule has 0 amide bonds. The molecule has 0 aromatic rings. The average Bonchev–Trinajstić information content (AvgIpc) is 2.25. The zero-order valence-corrected chi connectivity index (χ0v) is 10.2. The van der Waals surface area contributed by atoms with Crippen LogP contribution in [-0.2, 0) is 0 Å². The summed E-state index contributed by atoms with van der Waals surface area (Å²) in [5, 5.41) is 12.6. The van der Waals surface area contributed by atoms with Crippen LogP contribution < -0.4 is 5.32 Å². The number of rotatable bonds is 6. The lowest BCUT2D eigenvalue weighted by Gasteiger charge is -2.25. The van der Waals surface area contributed by atoms with Gasteiger partial charge in [0.15, 0.2) is 0 Å². The molecule has 1 heterocycles. The maximum atomic E-state index is 9.18. The van der Waals surface area contributed by atoms with Crippen LogP contribution in [-0.4, -0.2) is 49.3 Å². The molecular weight excluding hydrogens is 188 g/mol. The molecule has 15 heavy (non-hydrogen) atoms. The third kappa shape index (κ3) is 6.13. The van der Waals surface area contributed by atoms with Crippen molar-refractivity contribution in [2.24, 2.45) is 5.92 Å². The zero-order valence-electron chi connectivity index (χ0n) is 10.2. The second-order valence-corrected chi connectivity index (χ2v) is 4.92. The Morgan fingerprint density at radius 2 is 2.00 bits per heavy atom. The summed E-state index contributed by atoms with van der Waals surface area (Å²) in [7, 11) is 2.16. The van der Waals surface area contributed by atoms with Crippen LogP contribution in [0.5, 0.6) is 0 Å². The number of piperidine rings is 1. The topological polar surface area (TPSA) is 35.5 Å². The normalized spacial score (nSPS) is 20.8. The Balaban J connectivity index is 2.02. The molecule has 0 aromatic carbocycles. The Kier molecular flexibility index (Phi) is 6.22. The number of nitrogens with zero attached hydrogens (tertiary/aromatic N) is 1. The highest BCUT2D eigenvalue weighted by molar-refractivity contribution is 4.69. The largest absolute Gasteiger partial charge is 0.393 e. The van der Waals surface area contributed by atoms with Crippen molar-refractivity contribution in [1.82, 2.24) is 10.2 Å². The van der Waals surface area contributed by atoms with E-state index in [9.17, 15) is 5.11 Å². The van der Waals surface area contributed by atoms with Gasteiger partial charge >= 0.3 is 0 Å². The molecule has 1 atom stereocenters. The molecule has 0 aromatic heterocycles. The van der Waals surface area contributed by atoms with Gasteiger partial charge in [0.1, 0.15) is 0 Å². The van der Waals surface area contributed by atoms with E-state index in [0.29, 0.717) is 0 Å². The molecule has 1 rings (SSSR count). The van der Waals surface area contributed by atoms with E-state index < -0.39 is 0 Å². The van der Waals surface area contributed by atoms with Crippen molar-refractivity contribution < 1.29 is 5.11 Å². The van der Waals surface area contributed by atoms with E-state index in [-0.39, 0.29) is 6.10 Å². The van der Waals surface area contributed by atoms with Crippen LogP contribution in [0.3, 0.4) is 0 Å². The van der Waals surface area contributed by atoms with Gasteiger partial charge in [-0.05, 0) is 65.2 Å². The van der Waals surface area contributed by atoms with E-state index in [1.165, 1.54) is 38.9 Å². The fourth-order valence-corrected chi connectivity index (χ4v) is 2.09. The van der Waals surface area contributed by atoms with Crippen LogP contribution >= 0.6 is 0 Å². The lowest BCUT2D eigenvalue weighted by molar-refractivity contribution is 0.161. The van der Waals surface area contributed by atoms with Crippen molar-refractivity contribution in [3.63, 3.8) is 0 Å². The monoisotopic (exact) mass is 214 g/mol. The van der Waals surface area contributed by atoms with E-state index in [4.69, 9.17) is 0 Å². The minimum atomic E-state index is -0.161. The van der Waals surface area contributed by atoms with Gasteiger partial charge in [0.25, 0.3) is 0 Å². The van der Waals surface area contributed by atoms with E-state index in [0.717, 1.165) is 18.9 Å². The summed E-state index contributed by atoms with van der Waals surface area (Å²) in [5.41, 5.74) is 0. The first-order chi connectivity index (χ1) is 7.18. The fraction of sp³-hybridized carbons (Fsp3) is 1.00. The minimum Gasteiger partial charge on any atom is -0.393 e. The molecule has 1 unspecified atom stereocenters. The molecular formula is C12H26N2O. The number of aliphatic hydroxyl groups excluding tert-OH is 1.